The predicted octanol–water partition coefficient (Wildman–Crippen LogP) is 1.30. The number of amides is 2. The molecule has 0 saturated heterocycles. The van der Waals surface area contributed by atoms with Crippen molar-refractivity contribution in [3.05, 3.63) is 53.9 Å². The van der Waals surface area contributed by atoms with Crippen molar-refractivity contribution in [3.63, 3.8) is 0 Å². The van der Waals surface area contributed by atoms with Crippen LogP contribution in [0.3, 0.4) is 0 Å². The highest BCUT2D eigenvalue weighted by Gasteiger charge is 2.15. The molecular formula is C19H24N4O4. The van der Waals surface area contributed by atoms with Crippen molar-refractivity contribution >= 4 is 17.5 Å². The van der Waals surface area contributed by atoms with E-state index in [0.29, 0.717) is 24.2 Å². The molecule has 0 radical (unpaired) electrons. The molecule has 0 aliphatic carbocycles. The largest absolute Gasteiger partial charge is 0.506 e. The van der Waals surface area contributed by atoms with Gasteiger partial charge in [0.25, 0.3) is 0 Å². The van der Waals surface area contributed by atoms with Crippen LogP contribution in [-0.2, 0) is 27.3 Å². The average Bonchev–Trinajstić information content (AvgIpc) is 2.65. The minimum atomic E-state index is -0.749. The van der Waals surface area contributed by atoms with Gasteiger partial charge in [0.1, 0.15) is 5.75 Å². The highest BCUT2D eigenvalue weighted by Crippen LogP contribution is 2.13. The summed E-state index contributed by atoms with van der Waals surface area (Å²) in [5, 5.41) is 12.0. The third-order valence-corrected chi connectivity index (χ3v) is 3.88. The van der Waals surface area contributed by atoms with Gasteiger partial charge in [0, 0.05) is 24.2 Å². The monoisotopic (exact) mass is 372 g/mol. The smallest absolute Gasteiger partial charge is 0.243 e. The van der Waals surface area contributed by atoms with E-state index in [2.05, 4.69) is 20.6 Å². The summed E-state index contributed by atoms with van der Waals surface area (Å²) >= 11 is 0. The van der Waals surface area contributed by atoms with E-state index in [1.807, 2.05) is 12.1 Å². The Morgan fingerprint density at radius 3 is 2.59 bits per heavy atom. The summed E-state index contributed by atoms with van der Waals surface area (Å²) in [4.78, 5) is 32.1. The SMILES string of the molecule is CONC(=O)CCCc1ccc(NC(=O)[C@H](N)Cc2ccc(O)cn2)cc1. The van der Waals surface area contributed by atoms with Crippen molar-refractivity contribution in [2.24, 2.45) is 5.73 Å². The molecule has 2 amide bonds. The minimum absolute atomic E-state index is 0.0659. The third kappa shape index (κ3) is 7.04. The number of rotatable bonds is 9. The number of anilines is 1. The Bertz CT molecular complexity index is 747. The van der Waals surface area contributed by atoms with E-state index in [1.165, 1.54) is 19.4 Å². The van der Waals surface area contributed by atoms with Crippen molar-refractivity contribution in [1.29, 1.82) is 0 Å². The number of hydrogen-bond acceptors (Lipinski definition) is 6. The van der Waals surface area contributed by atoms with E-state index < -0.39 is 6.04 Å². The minimum Gasteiger partial charge on any atom is -0.506 e. The van der Waals surface area contributed by atoms with Gasteiger partial charge in [-0.2, -0.15) is 0 Å². The van der Waals surface area contributed by atoms with Crippen LogP contribution in [0.25, 0.3) is 0 Å². The molecule has 0 fully saturated rings. The summed E-state index contributed by atoms with van der Waals surface area (Å²) < 4.78 is 0. The van der Waals surface area contributed by atoms with Crippen LogP contribution in [0.1, 0.15) is 24.1 Å². The molecule has 144 valence electrons. The number of aromatic hydroxyl groups is 1. The van der Waals surface area contributed by atoms with Gasteiger partial charge in [0.15, 0.2) is 0 Å². The van der Waals surface area contributed by atoms with Gasteiger partial charge < -0.3 is 16.2 Å². The van der Waals surface area contributed by atoms with Crippen LogP contribution in [0.5, 0.6) is 5.75 Å². The number of carbonyl (C=O) groups is 2. The summed E-state index contributed by atoms with van der Waals surface area (Å²) in [6, 6.07) is 9.78. The maximum absolute atomic E-state index is 12.2. The first kappa shape index (κ1) is 20.3. The Labute approximate surface area is 157 Å². The molecule has 0 bridgehead atoms. The van der Waals surface area contributed by atoms with Crippen LogP contribution in [-0.4, -0.2) is 35.1 Å². The molecule has 0 aliphatic rings. The molecule has 5 N–H and O–H groups in total. The quantitative estimate of drug-likeness (QED) is 0.492. The lowest BCUT2D eigenvalue weighted by Gasteiger charge is -2.12. The van der Waals surface area contributed by atoms with Crippen LogP contribution in [0.2, 0.25) is 0 Å². The Morgan fingerprint density at radius 2 is 1.96 bits per heavy atom. The van der Waals surface area contributed by atoms with Crippen LogP contribution in [0, 0.1) is 0 Å². The lowest BCUT2D eigenvalue weighted by molar-refractivity contribution is -0.131. The van der Waals surface area contributed by atoms with E-state index in [-0.39, 0.29) is 24.0 Å². The summed E-state index contributed by atoms with van der Waals surface area (Å²) in [7, 11) is 1.40. The number of pyridine rings is 1. The van der Waals surface area contributed by atoms with Gasteiger partial charge in [-0.3, -0.25) is 19.4 Å². The molecular weight excluding hydrogens is 348 g/mol. The van der Waals surface area contributed by atoms with Crippen LogP contribution < -0.4 is 16.5 Å². The molecule has 0 aliphatic heterocycles. The maximum Gasteiger partial charge on any atom is 0.243 e. The van der Waals surface area contributed by atoms with Gasteiger partial charge in [0.05, 0.1) is 19.3 Å². The van der Waals surface area contributed by atoms with E-state index >= 15 is 0 Å². The fraction of sp³-hybridized carbons (Fsp3) is 0.316. The number of carbonyl (C=O) groups excluding carboxylic acids is 2. The summed E-state index contributed by atoms with van der Waals surface area (Å²) in [5.74, 6) is -0.400. The van der Waals surface area contributed by atoms with Gasteiger partial charge in [-0.15, -0.1) is 0 Å². The second-order valence-electron chi connectivity index (χ2n) is 6.09. The molecule has 1 aromatic heterocycles. The number of nitrogens with zero attached hydrogens (tertiary/aromatic N) is 1. The Morgan fingerprint density at radius 1 is 1.22 bits per heavy atom. The van der Waals surface area contributed by atoms with Gasteiger partial charge in [-0.1, -0.05) is 12.1 Å². The summed E-state index contributed by atoms with van der Waals surface area (Å²) in [5.41, 5.74) is 10.5. The molecule has 0 spiro atoms. The molecule has 1 aromatic carbocycles. The van der Waals surface area contributed by atoms with Gasteiger partial charge >= 0.3 is 0 Å². The van der Waals surface area contributed by atoms with E-state index in [1.54, 1.807) is 18.2 Å². The normalized spacial score (nSPS) is 11.6. The Kier molecular flexibility index (Phi) is 7.72. The lowest BCUT2D eigenvalue weighted by atomic mass is 10.1. The van der Waals surface area contributed by atoms with Crippen LogP contribution in [0.4, 0.5) is 5.69 Å². The summed E-state index contributed by atoms with van der Waals surface area (Å²) in [6.07, 6.45) is 3.42. The number of nitrogens with one attached hydrogen (secondary N) is 2. The fourth-order valence-electron chi connectivity index (χ4n) is 2.46. The second-order valence-corrected chi connectivity index (χ2v) is 6.09. The van der Waals surface area contributed by atoms with Crippen molar-refractivity contribution in [2.45, 2.75) is 31.7 Å². The van der Waals surface area contributed by atoms with E-state index in [4.69, 9.17) is 5.73 Å². The zero-order valence-corrected chi connectivity index (χ0v) is 15.1. The molecule has 1 atom stereocenters. The van der Waals surface area contributed by atoms with Crippen LogP contribution >= 0.6 is 0 Å². The number of aromatic nitrogens is 1. The molecule has 27 heavy (non-hydrogen) atoms. The van der Waals surface area contributed by atoms with Crippen LogP contribution in [0.15, 0.2) is 42.6 Å². The number of aryl methyl sites for hydroxylation is 1. The lowest BCUT2D eigenvalue weighted by Crippen LogP contribution is -2.37. The van der Waals surface area contributed by atoms with Crippen molar-refractivity contribution in [3.8, 4) is 5.75 Å². The molecule has 2 aromatic rings. The zero-order chi connectivity index (χ0) is 19.6. The van der Waals surface area contributed by atoms with Crippen molar-refractivity contribution in [1.82, 2.24) is 10.5 Å². The first-order chi connectivity index (χ1) is 13.0. The Hall–Kier alpha value is -2.97. The topological polar surface area (TPSA) is 127 Å². The molecule has 0 saturated carbocycles. The van der Waals surface area contributed by atoms with Crippen molar-refractivity contribution < 1.29 is 19.5 Å². The standard InChI is InChI=1S/C19H24N4O4/c1-27-23-18(25)4-2-3-13-5-7-14(8-6-13)22-19(26)17(20)11-15-9-10-16(24)12-21-15/h5-10,12,17,24H,2-4,11,20H2,1H3,(H,22,26)(H,23,25)/t17-/m1/s1. The van der Waals surface area contributed by atoms with E-state index in [0.717, 1.165) is 12.0 Å². The highest BCUT2D eigenvalue weighted by molar-refractivity contribution is 5.94. The number of nitrogens with two attached hydrogens (primary N) is 1. The number of hydroxylamine groups is 1. The predicted molar refractivity (Wildman–Crippen MR) is 101 cm³/mol. The first-order valence-electron chi connectivity index (χ1n) is 8.59. The zero-order valence-electron chi connectivity index (χ0n) is 15.1. The third-order valence-electron chi connectivity index (χ3n) is 3.88. The molecule has 0 unspecified atom stereocenters. The highest BCUT2D eigenvalue weighted by atomic mass is 16.6. The number of hydrogen-bond donors (Lipinski definition) is 4. The van der Waals surface area contributed by atoms with Gasteiger partial charge in [-0.25, -0.2) is 5.48 Å². The van der Waals surface area contributed by atoms with E-state index in [9.17, 15) is 14.7 Å². The maximum atomic E-state index is 12.2. The first-order valence-corrected chi connectivity index (χ1v) is 8.59. The summed E-state index contributed by atoms with van der Waals surface area (Å²) in [6.45, 7) is 0. The molecule has 8 heteroatoms. The fourth-order valence-corrected chi connectivity index (χ4v) is 2.46. The van der Waals surface area contributed by atoms with Crippen molar-refractivity contribution in [2.75, 3.05) is 12.4 Å². The second kappa shape index (κ2) is 10.2. The average molecular weight is 372 g/mol. The molecule has 2 rings (SSSR count). The Balaban J connectivity index is 1.79. The van der Waals surface area contributed by atoms with Gasteiger partial charge in [-0.05, 0) is 42.7 Å². The molecule has 8 nitrogen and oxygen atoms in total. The van der Waals surface area contributed by atoms with Gasteiger partial charge in [0.2, 0.25) is 11.8 Å². The molecule has 1 heterocycles. The number of benzene rings is 1.